The summed E-state index contributed by atoms with van der Waals surface area (Å²) < 4.78 is 37.9. The Balaban J connectivity index is 2.13. The van der Waals surface area contributed by atoms with Crippen LogP contribution in [0.5, 0.6) is 0 Å². The van der Waals surface area contributed by atoms with Crippen LogP contribution in [-0.2, 0) is 6.18 Å². The van der Waals surface area contributed by atoms with Crippen LogP contribution in [0.2, 0.25) is 0 Å². The van der Waals surface area contributed by atoms with Gasteiger partial charge in [-0.1, -0.05) is 0 Å². The molecule has 5 nitrogen and oxygen atoms in total. The largest absolute Gasteiger partial charge is 0.465 e. The highest BCUT2D eigenvalue weighted by Gasteiger charge is 2.32. The summed E-state index contributed by atoms with van der Waals surface area (Å²) in [6, 6.07) is 0.756. The van der Waals surface area contributed by atoms with Gasteiger partial charge in [0.15, 0.2) is 0 Å². The van der Waals surface area contributed by atoms with Crippen molar-refractivity contribution in [1.29, 1.82) is 0 Å². The lowest BCUT2D eigenvalue weighted by Gasteiger charge is -2.34. The van der Waals surface area contributed by atoms with Crippen molar-refractivity contribution in [3.05, 3.63) is 24.0 Å². The topological polar surface area (TPSA) is 65.5 Å². The van der Waals surface area contributed by atoms with Crippen molar-refractivity contribution in [2.45, 2.75) is 25.1 Å². The fourth-order valence-corrected chi connectivity index (χ4v) is 2.26. The molecule has 0 aromatic carbocycles. The Morgan fingerprint density at radius 2 is 2.20 bits per heavy atom. The minimum atomic E-state index is -4.43. The molecule has 1 aliphatic rings. The molecular weight excluding hydrogens is 275 g/mol. The summed E-state index contributed by atoms with van der Waals surface area (Å²) in [5.41, 5.74) is -0.444. The van der Waals surface area contributed by atoms with E-state index < -0.39 is 17.8 Å². The van der Waals surface area contributed by atoms with Crippen molar-refractivity contribution >= 4 is 11.8 Å². The highest BCUT2D eigenvalue weighted by Crippen LogP contribution is 2.31. The van der Waals surface area contributed by atoms with E-state index in [1.165, 1.54) is 6.20 Å². The van der Waals surface area contributed by atoms with Gasteiger partial charge in [0.1, 0.15) is 0 Å². The fraction of sp³-hybridized carbons (Fsp3) is 0.500. The summed E-state index contributed by atoms with van der Waals surface area (Å²) in [5, 5.41) is 11.0. The van der Waals surface area contributed by atoms with Crippen LogP contribution in [0.1, 0.15) is 18.4 Å². The maximum atomic E-state index is 12.6. The molecule has 110 valence electrons. The minimum Gasteiger partial charge on any atom is -0.465 e. The number of piperidine rings is 1. The van der Waals surface area contributed by atoms with Gasteiger partial charge in [-0.25, -0.2) is 4.79 Å². The maximum Gasteiger partial charge on any atom is 0.417 e. The van der Waals surface area contributed by atoms with Crippen molar-refractivity contribution in [1.82, 2.24) is 10.3 Å². The van der Waals surface area contributed by atoms with Gasteiger partial charge in [0.2, 0.25) is 0 Å². The summed E-state index contributed by atoms with van der Waals surface area (Å²) >= 11 is 0. The minimum absolute atomic E-state index is 0.282. The second-order valence-electron chi connectivity index (χ2n) is 4.66. The lowest BCUT2D eigenvalue weighted by Crippen LogP contribution is -2.47. The first-order valence-electron chi connectivity index (χ1n) is 6.13. The molecule has 8 heteroatoms. The normalized spacial score (nSPS) is 19.8. The van der Waals surface area contributed by atoms with Crippen LogP contribution in [-0.4, -0.2) is 35.3 Å². The van der Waals surface area contributed by atoms with E-state index in [9.17, 15) is 18.0 Å². The predicted octanol–water partition coefficient (Wildman–Crippen LogP) is 2.34. The second kappa shape index (κ2) is 5.56. The standard InChI is InChI=1S/C12H14F3N3O2/c13-12(14,15)8-4-10(6-16-5-8)18-3-1-2-9(7-18)17-11(19)20/h4-6,9,17H,1-3,7H2,(H,19,20)/t9-/m1/s1. The summed E-state index contributed by atoms with van der Waals surface area (Å²) in [5.74, 6) is 0. The molecule has 0 unspecified atom stereocenters. The van der Waals surface area contributed by atoms with Crippen LogP contribution in [0.25, 0.3) is 0 Å². The third-order valence-electron chi connectivity index (χ3n) is 3.17. The molecule has 1 amide bonds. The second-order valence-corrected chi connectivity index (χ2v) is 4.66. The number of nitrogens with one attached hydrogen (secondary N) is 1. The summed E-state index contributed by atoms with van der Waals surface area (Å²) in [4.78, 5) is 15.9. The monoisotopic (exact) mass is 289 g/mol. The van der Waals surface area contributed by atoms with Crippen molar-refractivity contribution < 1.29 is 23.1 Å². The van der Waals surface area contributed by atoms with Crippen LogP contribution in [0.15, 0.2) is 18.5 Å². The summed E-state index contributed by atoms with van der Waals surface area (Å²) in [7, 11) is 0. The molecule has 2 rings (SSSR count). The average Bonchev–Trinajstić information content (AvgIpc) is 2.37. The first-order valence-corrected chi connectivity index (χ1v) is 6.13. The van der Waals surface area contributed by atoms with Gasteiger partial charge in [0.25, 0.3) is 0 Å². The highest BCUT2D eigenvalue weighted by atomic mass is 19.4. The SMILES string of the molecule is O=C(O)N[C@@H]1CCCN(c2cncc(C(F)(F)F)c2)C1. The smallest absolute Gasteiger partial charge is 0.417 e. The van der Waals surface area contributed by atoms with Crippen LogP contribution in [0.3, 0.4) is 0 Å². The van der Waals surface area contributed by atoms with E-state index in [0.717, 1.165) is 12.3 Å². The Morgan fingerprint density at radius 3 is 2.85 bits per heavy atom. The number of carbonyl (C=O) groups is 1. The third-order valence-corrected chi connectivity index (χ3v) is 3.17. The molecule has 20 heavy (non-hydrogen) atoms. The van der Waals surface area contributed by atoms with Crippen molar-refractivity contribution in [3.8, 4) is 0 Å². The first kappa shape index (κ1) is 14.4. The van der Waals surface area contributed by atoms with E-state index in [0.29, 0.717) is 31.6 Å². The van der Waals surface area contributed by atoms with Gasteiger partial charge in [-0.15, -0.1) is 0 Å². The zero-order chi connectivity index (χ0) is 14.8. The van der Waals surface area contributed by atoms with Crippen molar-refractivity contribution in [2.24, 2.45) is 0 Å². The Bertz CT molecular complexity index is 493. The first-order chi connectivity index (χ1) is 9.36. The quantitative estimate of drug-likeness (QED) is 0.877. The number of carboxylic acid groups (broad SMARTS) is 1. The molecule has 0 saturated carbocycles. The Labute approximate surface area is 113 Å². The van der Waals surface area contributed by atoms with E-state index in [4.69, 9.17) is 5.11 Å². The molecule has 2 heterocycles. The van der Waals surface area contributed by atoms with Gasteiger partial charge in [0, 0.05) is 25.3 Å². The number of halogens is 3. The number of anilines is 1. The molecule has 1 aromatic rings. The van der Waals surface area contributed by atoms with Gasteiger partial charge in [-0.2, -0.15) is 13.2 Å². The molecule has 0 aliphatic carbocycles. The molecule has 0 bridgehead atoms. The lowest BCUT2D eigenvalue weighted by atomic mass is 10.1. The van der Waals surface area contributed by atoms with E-state index in [-0.39, 0.29) is 6.04 Å². The van der Waals surface area contributed by atoms with Crippen LogP contribution < -0.4 is 10.2 Å². The number of nitrogens with zero attached hydrogens (tertiary/aromatic N) is 2. The zero-order valence-electron chi connectivity index (χ0n) is 10.5. The molecule has 0 radical (unpaired) electrons. The summed E-state index contributed by atoms with van der Waals surface area (Å²) in [6.45, 7) is 0.927. The van der Waals surface area contributed by atoms with Gasteiger partial charge < -0.3 is 15.3 Å². The molecular formula is C12H14F3N3O2. The van der Waals surface area contributed by atoms with E-state index in [2.05, 4.69) is 10.3 Å². The number of rotatable bonds is 2. The number of alkyl halides is 3. The third kappa shape index (κ3) is 3.52. The van der Waals surface area contributed by atoms with Crippen LogP contribution in [0, 0.1) is 0 Å². The highest BCUT2D eigenvalue weighted by molar-refractivity contribution is 5.65. The van der Waals surface area contributed by atoms with Crippen LogP contribution in [0.4, 0.5) is 23.7 Å². The van der Waals surface area contributed by atoms with Gasteiger partial charge >= 0.3 is 12.3 Å². The van der Waals surface area contributed by atoms with E-state index >= 15 is 0 Å². The molecule has 1 saturated heterocycles. The Hall–Kier alpha value is -1.99. The number of aromatic nitrogens is 1. The fourth-order valence-electron chi connectivity index (χ4n) is 2.26. The van der Waals surface area contributed by atoms with E-state index in [1.54, 1.807) is 4.90 Å². The Kier molecular flexibility index (Phi) is 4.01. The number of pyridine rings is 1. The molecule has 0 spiro atoms. The molecule has 1 aromatic heterocycles. The van der Waals surface area contributed by atoms with E-state index in [1.807, 2.05) is 0 Å². The number of amides is 1. The molecule has 1 atom stereocenters. The van der Waals surface area contributed by atoms with Gasteiger partial charge in [-0.3, -0.25) is 4.98 Å². The van der Waals surface area contributed by atoms with Gasteiger partial charge in [0.05, 0.1) is 17.4 Å². The predicted molar refractivity (Wildman–Crippen MR) is 65.6 cm³/mol. The lowest BCUT2D eigenvalue weighted by molar-refractivity contribution is -0.137. The molecule has 1 aliphatic heterocycles. The average molecular weight is 289 g/mol. The molecule has 2 N–H and O–H groups in total. The molecule has 1 fully saturated rings. The van der Waals surface area contributed by atoms with Crippen molar-refractivity contribution in [2.75, 3.05) is 18.0 Å². The maximum absolute atomic E-state index is 12.6. The zero-order valence-corrected chi connectivity index (χ0v) is 10.5. The number of hydrogen-bond acceptors (Lipinski definition) is 3. The van der Waals surface area contributed by atoms with Crippen LogP contribution >= 0.6 is 0 Å². The summed E-state index contributed by atoms with van der Waals surface area (Å²) in [6.07, 6.45) is -2.04. The Morgan fingerprint density at radius 1 is 1.45 bits per heavy atom. The van der Waals surface area contributed by atoms with Gasteiger partial charge in [-0.05, 0) is 18.9 Å². The number of hydrogen-bond donors (Lipinski definition) is 2. The van der Waals surface area contributed by atoms with Crippen molar-refractivity contribution in [3.63, 3.8) is 0 Å².